The third-order valence-electron chi connectivity index (χ3n) is 14.6. The van der Waals surface area contributed by atoms with Crippen molar-refractivity contribution in [1.82, 2.24) is 0 Å². The van der Waals surface area contributed by atoms with Gasteiger partial charge in [-0.3, -0.25) is 0 Å². The smallest absolute Gasteiger partial charge is 0.0714 e. The number of benzene rings is 10. The number of nitrogens with zero attached hydrogens (tertiary/aromatic N) is 1. The summed E-state index contributed by atoms with van der Waals surface area (Å²) < 4.78 is 2.65. The van der Waals surface area contributed by atoms with Gasteiger partial charge in [0.2, 0.25) is 0 Å². The van der Waals surface area contributed by atoms with E-state index in [1.807, 2.05) is 11.3 Å². The average molecular weight is 860 g/mol. The van der Waals surface area contributed by atoms with Crippen molar-refractivity contribution in [2.75, 3.05) is 4.90 Å². The summed E-state index contributed by atoms with van der Waals surface area (Å²) in [7, 11) is 0. The Hall–Kier alpha value is -7.78. The van der Waals surface area contributed by atoms with Crippen LogP contribution >= 0.6 is 11.3 Å². The Labute approximate surface area is 390 Å². The highest BCUT2D eigenvalue weighted by atomic mass is 32.1. The van der Waals surface area contributed by atoms with Crippen molar-refractivity contribution in [3.8, 4) is 44.5 Å². The zero-order valence-corrected chi connectivity index (χ0v) is 37.7. The van der Waals surface area contributed by atoms with Gasteiger partial charge in [-0.25, -0.2) is 0 Å². The molecule has 10 aromatic carbocycles. The molecular weight excluding hydrogens is 815 g/mol. The predicted molar refractivity (Wildman–Crippen MR) is 280 cm³/mol. The highest BCUT2D eigenvalue weighted by molar-refractivity contribution is 7.26. The van der Waals surface area contributed by atoms with Gasteiger partial charge in [0, 0.05) is 42.5 Å². The van der Waals surface area contributed by atoms with Crippen LogP contribution in [-0.2, 0) is 10.8 Å². The molecule has 13 rings (SSSR count). The lowest BCUT2D eigenvalue weighted by atomic mass is 9.67. The largest absolute Gasteiger partial charge is 0.310 e. The van der Waals surface area contributed by atoms with Gasteiger partial charge in [0.05, 0.1) is 11.1 Å². The average Bonchev–Trinajstić information content (AvgIpc) is 3.99. The Kier molecular flexibility index (Phi) is 8.72. The molecule has 2 aliphatic carbocycles. The van der Waals surface area contributed by atoms with E-state index in [0.29, 0.717) is 0 Å². The van der Waals surface area contributed by atoms with Crippen LogP contribution in [0.5, 0.6) is 0 Å². The highest BCUT2D eigenvalue weighted by Crippen LogP contribution is 2.60. The third-order valence-corrected chi connectivity index (χ3v) is 15.8. The molecule has 0 fully saturated rings. The number of hydrogen-bond donors (Lipinski definition) is 0. The summed E-state index contributed by atoms with van der Waals surface area (Å²) in [6.45, 7) is 4.74. The predicted octanol–water partition coefficient (Wildman–Crippen LogP) is 17.5. The number of para-hydroxylation sites is 1. The van der Waals surface area contributed by atoms with Gasteiger partial charge in [-0.1, -0.05) is 214 Å². The first-order valence-electron chi connectivity index (χ1n) is 23.0. The first kappa shape index (κ1) is 38.7. The molecule has 66 heavy (non-hydrogen) atoms. The summed E-state index contributed by atoms with van der Waals surface area (Å²) in [6.07, 6.45) is 0. The maximum absolute atomic E-state index is 2.50. The highest BCUT2D eigenvalue weighted by Gasteiger charge is 2.47. The molecule has 0 amide bonds. The van der Waals surface area contributed by atoms with Gasteiger partial charge in [-0.15, -0.1) is 11.3 Å². The standard InChI is InChI=1S/C64H45NS/c1-63(2)55-26-12-9-21-50(55)51-40-39-48(41-58(51)63)65(47-19-7-4-8-20-47)59-29-16-28-57-61(59)54-23-10-13-27-56(54)64(57,45-35-31-43(32-36-45)42-17-5-3-6-18-42)46-37-33-44(34-38-46)49-24-15-25-53-52-22-11-14-30-60(52)66-62(49)53/h3-41H,1-2H3. The van der Waals surface area contributed by atoms with Crippen LogP contribution in [0.2, 0.25) is 0 Å². The van der Waals surface area contributed by atoms with Crippen LogP contribution in [0.4, 0.5) is 17.1 Å². The van der Waals surface area contributed by atoms with E-state index in [1.165, 1.54) is 98.1 Å². The molecule has 1 heterocycles. The minimum Gasteiger partial charge on any atom is -0.310 e. The van der Waals surface area contributed by atoms with Crippen LogP contribution in [0, 0.1) is 0 Å². The maximum atomic E-state index is 2.50. The monoisotopic (exact) mass is 859 g/mol. The zero-order chi connectivity index (χ0) is 44.0. The third kappa shape index (κ3) is 5.65. The second kappa shape index (κ2) is 14.9. The lowest BCUT2D eigenvalue weighted by molar-refractivity contribution is 0.660. The van der Waals surface area contributed by atoms with E-state index in [4.69, 9.17) is 0 Å². The van der Waals surface area contributed by atoms with Crippen LogP contribution in [0.3, 0.4) is 0 Å². The topological polar surface area (TPSA) is 3.24 Å². The van der Waals surface area contributed by atoms with Gasteiger partial charge < -0.3 is 4.90 Å². The fourth-order valence-corrected chi connectivity index (χ4v) is 12.8. The van der Waals surface area contributed by atoms with Gasteiger partial charge in [-0.05, 0) is 109 Å². The Morgan fingerprint density at radius 2 is 0.924 bits per heavy atom. The molecule has 0 bridgehead atoms. The Morgan fingerprint density at radius 1 is 0.364 bits per heavy atom. The van der Waals surface area contributed by atoms with Crippen LogP contribution in [0.1, 0.15) is 47.2 Å². The van der Waals surface area contributed by atoms with Crippen LogP contribution < -0.4 is 4.90 Å². The molecule has 1 atom stereocenters. The first-order valence-corrected chi connectivity index (χ1v) is 23.8. The molecule has 1 unspecified atom stereocenters. The summed E-state index contributed by atoms with van der Waals surface area (Å²) in [4.78, 5) is 2.50. The van der Waals surface area contributed by atoms with Crippen LogP contribution in [0.25, 0.3) is 64.7 Å². The zero-order valence-electron chi connectivity index (χ0n) is 36.9. The van der Waals surface area contributed by atoms with Crippen molar-refractivity contribution in [2.24, 2.45) is 0 Å². The molecule has 11 aromatic rings. The van der Waals surface area contributed by atoms with E-state index in [9.17, 15) is 0 Å². The Balaban J connectivity index is 1.04. The van der Waals surface area contributed by atoms with E-state index < -0.39 is 5.41 Å². The van der Waals surface area contributed by atoms with Crippen molar-refractivity contribution in [3.05, 3.63) is 270 Å². The quantitative estimate of drug-likeness (QED) is 0.154. The molecular formula is C64H45NS. The molecule has 1 nitrogen and oxygen atoms in total. The van der Waals surface area contributed by atoms with Crippen LogP contribution in [-0.4, -0.2) is 0 Å². The molecule has 0 saturated heterocycles. The number of fused-ring (bicyclic) bond motifs is 9. The lowest BCUT2D eigenvalue weighted by Gasteiger charge is -2.35. The molecule has 2 aliphatic rings. The van der Waals surface area contributed by atoms with Crippen molar-refractivity contribution in [1.29, 1.82) is 0 Å². The summed E-state index contributed by atoms with van der Waals surface area (Å²) in [5.41, 5.74) is 20.6. The van der Waals surface area contributed by atoms with Gasteiger partial charge in [-0.2, -0.15) is 0 Å². The van der Waals surface area contributed by atoms with Crippen molar-refractivity contribution in [3.63, 3.8) is 0 Å². The molecule has 312 valence electrons. The first-order chi connectivity index (χ1) is 32.5. The molecule has 0 saturated carbocycles. The molecule has 2 heteroatoms. The van der Waals surface area contributed by atoms with E-state index in [2.05, 4.69) is 255 Å². The van der Waals surface area contributed by atoms with Crippen molar-refractivity contribution < 1.29 is 0 Å². The van der Waals surface area contributed by atoms with E-state index in [1.54, 1.807) is 0 Å². The van der Waals surface area contributed by atoms with Gasteiger partial charge >= 0.3 is 0 Å². The second-order valence-corrected chi connectivity index (χ2v) is 19.4. The molecule has 0 aliphatic heterocycles. The normalized spacial score (nSPS) is 15.3. The van der Waals surface area contributed by atoms with Crippen molar-refractivity contribution >= 4 is 48.6 Å². The van der Waals surface area contributed by atoms with Gasteiger partial charge in [0.15, 0.2) is 0 Å². The summed E-state index contributed by atoms with van der Waals surface area (Å²) in [5, 5.41) is 2.64. The van der Waals surface area contributed by atoms with Crippen LogP contribution in [0.15, 0.2) is 237 Å². The van der Waals surface area contributed by atoms with E-state index in [0.717, 1.165) is 17.1 Å². The van der Waals surface area contributed by atoms with Crippen molar-refractivity contribution in [2.45, 2.75) is 24.7 Å². The lowest BCUT2D eigenvalue weighted by Crippen LogP contribution is -2.28. The summed E-state index contributed by atoms with van der Waals surface area (Å²) in [5.74, 6) is 0. The fraction of sp³-hybridized carbons (Fsp3) is 0.0625. The van der Waals surface area contributed by atoms with Gasteiger partial charge in [0.25, 0.3) is 0 Å². The molecule has 0 radical (unpaired) electrons. The molecule has 1 aromatic heterocycles. The summed E-state index contributed by atoms with van der Waals surface area (Å²) in [6, 6.07) is 88.3. The molecule has 0 N–H and O–H groups in total. The van der Waals surface area contributed by atoms with E-state index in [-0.39, 0.29) is 5.41 Å². The second-order valence-electron chi connectivity index (χ2n) is 18.4. The molecule has 0 spiro atoms. The number of anilines is 3. The van der Waals surface area contributed by atoms with E-state index >= 15 is 0 Å². The number of rotatable bonds is 7. The van der Waals surface area contributed by atoms with Gasteiger partial charge in [0.1, 0.15) is 0 Å². The Morgan fingerprint density at radius 3 is 1.70 bits per heavy atom. The minimum absolute atomic E-state index is 0.134. The minimum atomic E-state index is -0.608. The SMILES string of the molecule is CC1(C)c2ccccc2-c2ccc(N(c3ccccc3)c3cccc4c3-c3ccccc3C4(c3ccc(-c4ccccc4)cc3)c3ccc(-c4cccc5c4sc4ccccc45)cc3)cc21. The maximum Gasteiger partial charge on any atom is 0.0714 e. The number of hydrogen-bond acceptors (Lipinski definition) is 2. The Bertz CT molecular complexity index is 3660. The number of thiophene rings is 1. The fourth-order valence-electron chi connectivity index (χ4n) is 11.5. The summed E-state index contributed by atoms with van der Waals surface area (Å²) >= 11 is 1.89.